The van der Waals surface area contributed by atoms with Crippen molar-refractivity contribution in [3.05, 3.63) is 54.1 Å². The molecule has 3 N–H and O–H groups in total. The van der Waals surface area contributed by atoms with Crippen LogP contribution in [0.4, 0.5) is 0 Å². The first-order valence-corrected chi connectivity index (χ1v) is 10.0. The largest absolute Gasteiger partial charge is 0.354 e. The Hall–Kier alpha value is -1.56. The van der Waals surface area contributed by atoms with Crippen LogP contribution in [-0.4, -0.2) is 28.0 Å². The van der Waals surface area contributed by atoms with Crippen LogP contribution < -0.4 is 11.1 Å². The van der Waals surface area contributed by atoms with E-state index in [0.717, 1.165) is 18.8 Å². The van der Waals surface area contributed by atoms with Crippen molar-refractivity contribution in [3.63, 3.8) is 0 Å². The van der Waals surface area contributed by atoms with Crippen molar-refractivity contribution in [2.24, 2.45) is 17.1 Å². The number of hydrogen-bond donors (Lipinski definition) is 2. The van der Waals surface area contributed by atoms with Gasteiger partial charge < -0.3 is 15.6 Å². The number of imidazole rings is 1. The van der Waals surface area contributed by atoms with Gasteiger partial charge in [0.15, 0.2) is 0 Å². The van der Waals surface area contributed by atoms with Crippen molar-refractivity contribution < 1.29 is 4.79 Å². The van der Waals surface area contributed by atoms with Gasteiger partial charge in [-0.15, -0.1) is 24.8 Å². The standard InChI is InChI=1S/C22H32N4O.2ClH/c1-17(2)12-22(9-6-10-22)15-24-21(27)20(23)11-19-14-26(16-25-19)13-18-7-4-3-5-8-18;;/h3-5,7-8,14,16-17,20H,6,9-13,15,23H2,1-2H3,(H,24,27);2*1H/t20-;;/m0../s1. The molecule has 2 aromatic rings. The van der Waals surface area contributed by atoms with Crippen LogP contribution in [0.5, 0.6) is 0 Å². The maximum atomic E-state index is 12.4. The summed E-state index contributed by atoms with van der Waals surface area (Å²) < 4.78 is 2.03. The normalized spacial score (nSPS) is 15.6. The highest BCUT2D eigenvalue weighted by Gasteiger charge is 2.37. The zero-order valence-electron chi connectivity index (χ0n) is 17.3. The summed E-state index contributed by atoms with van der Waals surface area (Å²) in [5.74, 6) is 0.590. The molecule has 5 nitrogen and oxygen atoms in total. The van der Waals surface area contributed by atoms with E-state index in [1.807, 2.05) is 29.0 Å². The van der Waals surface area contributed by atoms with Crippen molar-refractivity contribution in [2.45, 2.75) is 58.5 Å². The lowest BCUT2D eigenvalue weighted by molar-refractivity contribution is -0.123. The number of halogens is 2. The van der Waals surface area contributed by atoms with Crippen LogP contribution in [0.25, 0.3) is 0 Å². The highest BCUT2D eigenvalue weighted by atomic mass is 35.5. The third kappa shape index (κ3) is 7.32. The molecule has 0 spiro atoms. The first-order valence-electron chi connectivity index (χ1n) is 10.0. The Morgan fingerprint density at radius 2 is 1.93 bits per heavy atom. The number of carbonyl (C=O) groups excluding carboxylic acids is 1. The van der Waals surface area contributed by atoms with Gasteiger partial charge in [0.2, 0.25) is 5.91 Å². The maximum absolute atomic E-state index is 12.4. The minimum Gasteiger partial charge on any atom is -0.354 e. The Morgan fingerprint density at radius 1 is 1.24 bits per heavy atom. The van der Waals surface area contributed by atoms with Crippen LogP contribution in [0.3, 0.4) is 0 Å². The molecule has 162 valence electrons. The summed E-state index contributed by atoms with van der Waals surface area (Å²) >= 11 is 0. The number of benzene rings is 1. The van der Waals surface area contributed by atoms with E-state index >= 15 is 0 Å². The van der Waals surface area contributed by atoms with Crippen molar-refractivity contribution >= 4 is 30.7 Å². The molecule has 0 unspecified atom stereocenters. The van der Waals surface area contributed by atoms with E-state index in [1.165, 1.54) is 31.2 Å². The average Bonchev–Trinajstić information content (AvgIpc) is 3.04. The van der Waals surface area contributed by atoms with Gasteiger partial charge in [-0.05, 0) is 36.2 Å². The zero-order chi connectivity index (χ0) is 19.3. The predicted octanol–water partition coefficient (Wildman–Crippen LogP) is 3.98. The molecule has 1 fully saturated rings. The summed E-state index contributed by atoms with van der Waals surface area (Å²) in [6.45, 7) is 6.02. The molecule has 0 radical (unpaired) electrons. The molecule has 3 rings (SSSR count). The Bertz CT molecular complexity index is 744. The highest BCUT2D eigenvalue weighted by Crippen LogP contribution is 2.45. The summed E-state index contributed by atoms with van der Waals surface area (Å²) in [5.41, 5.74) is 8.51. The maximum Gasteiger partial charge on any atom is 0.237 e. The van der Waals surface area contributed by atoms with Gasteiger partial charge in [0.25, 0.3) is 0 Å². The first-order chi connectivity index (χ1) is 13.0. The number of rotatable bonds is 9. The van der Waals surface area contributed by atoms with Gasteiger partial charge in [0, 0.05) is 25.7 Å². The second-order valence-corrected chi connectivity index (χ2v) is 8.50. The van der Waals surface area contributed by atoms with Gasteiger partial charge in [-0.2, -0.15) is 0 Å². The molecule has 1 aromatic carbocycles. The highest BCUT2D eigenvalue weighted by molar-refractivity contribution is 5.85. The molecule has 1 aromatic heterocycles. The van der Waals surface area contributed by atoms with E-state index in [-0.39, 0.29) is 30.7 Å². The number of aromatic nitrogens is 2. The molecule has 0 aliphatic heterocycles. The number of nitrogens with two attached hydrogens (primary N) is 1. The third-order valence-electron chi connectivity index (χ3n) is 5.55. The molecule has 29 heavy (non-hydrogen) atoms. The van der Waals surface area contributed by atoms with Gasteiger partial charge >= 0.3 is 0 Å². The van der Waals surface area contributed by atoms with Crippen molar-refractivity contribution in [2.75, 3.05) is 6.54 Å². The molecule has 7 heteroatoms. The van der Waals surface area contributed by atoms with Crippen molar-refractivity contribution in [1.82, 2.24) is 14.9 Å². The Kier molecular flexibility index (Phi) is 10.2. The fourth-order valence-electron chi connectivity index (χ4n) is 4.11. The lowest BCUT2D eigenvalue weighted by Crippen LogP contribution is -2.48. The molecule has 1 aliphatic carbocycles. The Morgan fingerprint density at radius 3 is 2.52 bits per heavy atom. The van der Waals surface area contributed by atoms with E-state index < -0.39 is 6.04 Å². The zero-order valence-corrected chi connectivity index (χ0v) is 19.0. The van der Waals surface area contributed by atoms with Crippen molar-refractivity contribution in [3.8, 4) is 0 Å². The van der Waals surface area contributed by atoms with Crippen LogP contribution in [0, 0.1) is 11.3 Å². The number of nitrogens with one attached hydrogen (secondary N) is 1. The minimum atomic E-state index is -0.554. The van der Waals surface area contributed by atoms with Crippen LogP contribution in [0.1, 0.15) is 50.8 Å². The molecule has 1 aliphatic rings. The Labute approximate surface area is 186 Å². The summed E-state index contributed by atoms with van der Waals surface area (Å²) in [6.07, 6.45) is 9.12. The number of hydrogen-bond acceptors (Lipinski definition) is 3. The number of nitrogens with zero attached hydrogens (tertiary/aromatic N) is 2. The first kappa shape index (κ1) is 25.5. The summed E-state index contributed by atoms with van der Waals surface area (Å²) in [7, 11) is 0. The average molecular weight is 441 g/mol. The van der Waals surface area contributed by atoms with Gasteiger partial charge in [0.05, 0.1) is 18.1 Å². The fraction of sp³-hybridized carbons (Fsp3) is 0.545. The number of carbonyl (C=O) groups is 1. The van der Waals surface area contributed by atoms with E-state index in [0.29, 0.717) is 17.8 Å². The van der Waals surface area contributed by atoms with Crippen LogP contribution in [0.15, 0.2) is 42.9 Å². The number of amides is 1. The van der Waals surface area contributed by atoms with E-state index in [1.54, 1.807) is 6.33 Å². The topological polar surface area (TPSA) is 72.9 Å². The van der Waals surface area contributed by atoms with Crippen LogP contribution in [-0.2, 0) is 17.8 Å². The summed E-state index contributed by atoms with van der Waals surface area (Å²) in [6, 6.07) is 9.69. The molecule has 1 amide bonds. The second-order valence-electron chi connectivity index (χ2n) is 8.50. The predicted molar refractivity (Wildman–Crippen MR) is 123 cm³/mol. The summed E-state index contributed by atoms with van der Waals surface area (Å²) in [5, 5.41) is 3.10. The second kappa shape index (κ2) is 11.6. The van der Waals surface area contributed by atoms with Crippen LogP contribution in [0.2, 0.25) is 0 Å². The van der Waals surface area contributed by atoms with E-state index in [9.17, 15) is 4.79 Å². The van der Waals surface area contributed by atoms with E-state index in [4.69, 9.17) is 5.73 Å². The molecular formula is C22H34Cl2N4O. The molecule has 0 saturated heterocycles. The lowest BCUT2D eigenvalue weighted by Gasteiger charge is -2.43. The summed E-state index contributed by atoms with van der Waals surface area (Å²) in [4.78, 5) is 16.9. The van der Waals surface area contributed by atoms with E-state index in [2.05, 4.69) is 36.3 Å². The van der Waals surface area contributed by atoms with Gasteiger partial charge in [-0.25, -0.2) is 4.98 Å². The third-order valence-corrected chi connectivity index (χ3v) is 5.55. The van der Waals surface area contributed by atoms with Gasteiger partial charge in [-0.1, -0.05) is 50.6 Å². The minimum absolute atomic E-state index is 0. The molecule has 1 atom stereocenters. The molecule has 1 saturated carbocycles. The van der Waals surface area contributed by atoms with Gasteiger partial charge in [0.1, 0.15) is 0 Å². The molecule has 0 bridgehead atoms. The quantitative estimate of drug-likeness (QED) is 0.618. The smallest absolute Gasteiger partial charge is 0.237 e. The molecule has 1 heterocycles. The molecular weight excluding hydrogens is 407 g/mol. The van der Waals surface area contributed by atoms with Gasteiger partial charge in [-0.3, -0.25) is 4.79 Å². The van der Waals surface area contributed by atoms with Crippen LogP contribution >= 0.6 is 24.8 Å². The SMILES string of the molecule is CC(C)CC1(CNC(=O)[C@@H](N)Cc2cn(Cc3ccccc3)cn2)CCC1.Cl.Cl. The lowest BCUT2D eigenvalue weighted by atomic mass is 9.64. The fourth-order valence-corrected chi connectivity index (χ4v) is 4.11. The van der Waals surface area contributed by atoms with Crippen molar-refractivity contribution in [1.29, 1.82) is 0 Å². The Balaban J connectivity index is 0.00000210. The monoisotopic (exact) mass is 440 g/mol.